The number of carbonyl (C=O) groups excluding carboxylic acids is 8. The lowest BCUT2D eigenvalue weighted by Crippen LogP contribution is -2.36. The van der Waals surface area contributed by atoms with Crippen molar-refractivity contribution >= 4 is 126 Å². The van der Waals surface area contributed by atoms with Crippen molar-refractivity contribution in [2.75, 3.05) is 74.6 Å². The highest BCUT2D eigenvalue weighted by Crippen LogP contribution is 2.37. The Morgan fingerprint density at radius 1 is 0.346 bits per heavy atom. The highest BCUT2D eigenvalue weighted by atomic mass is 79.9. The SMILES string of the molecule is COc1ccc(CCl)cc1.COc1ccc(CN2C(=O)CNC(=O)c3cc(-c4ccc(OC(F)(F)F)cc4)ccc32)cc1.COc1ccc(CN2C(=O)CNC(=O)c3cc(-c4ccc(OC(F)(F)F)cc4)ccc32)cc1.COc1ccc(CN2C(=O)CNC(=O)c3cc(Br)ccc32)cc1.O=C1CNC(=O)c2cc(Br)ccc2N1.OB(O)c1ccc(OC(F)(F)F)cc1. The molecule has 127 heavy (non-hydrogen) atoms. The number of methoxy groups -OCH3 is 4. The molecule has 0 unspecified atom stereocenters. The van der Waals surface area contributed by atoms with Crippen molar-refractivity contribution in [3.63, 3.8) is 0 Å². The van der Waals surface area contributed by atoms with Crippen LogP contribution in [0.3, 0.4) is 0 Å². The number of benzene rings is 11. The molecule has 0 aliphatic carbocycles. The number of alkyl halides is 10. The summed E-state index contributed by atoms with van der Waals surface area (Å²) in [5.41, 5.74) is 9.91. The average Bonchev–Trinajstić information content (AvgIpc) is 1.74. The summed E-state index contributed by atoms with van der Waals surface area (Å²) in [6.07, 6.45) is -14.3. The highest BCUT2D eigenvalue weighted by Gasteiger charge is 2.35. The van der Waals surface area contributed by atoms with Gasteiger partial charge in [0.2, 0.25) is 23.6 Å². The Morgan fingerprint density at radius 3 is 0.945 bits per heavy atom. The van der Waals surface area contributed by atoms with Crippen molar-refractivity contribution < 1.29 is 121 Å². The fourth-order valence-electron chi connectivity index (χ4n) is 12.4. The quantitative estimate of drug-likeness (QED) is 0.0253. The van der Waals surface area contributed by atoms with Crippen LogP contribution in [0.15, 0.2) is 252 Å². The second kappa shape index (κ2) is 43.8. The number of amides is 8. The molecule has 0 bridgehead atoms. The van der Waals surface area contributed by atoms with E-state index in [0.717, 1.165) is 67.0 Å². The Labute approximate surface area is 742 Å². The Hall–Kier alpha value is -13.6. The van der Waals surface area contributed by atoms with E-state index in [1.54, 1.807) is 124 Å². The Balaban J connectivity index is 0.000000167. The fourth-order valence-corrected chi connectivity index (χ4v) is 13.3. The number of rotatable bonds is 17. The van der Waals surface area contributed by atoms with Crippen molar-refractivity contribution in [1.82, 2.24) is 21.3 Å². The Bertz CT molecular complexity index is 5510. The van der Waals surface area contributed by atoms with Gasteiger partial charge < -0.3 is 84.5 Å². The number of fused-ring (bicyclic) bond motifs is 4. The van der Waals surface area contributed by atoms with Crippen molar-refractivity contribution in [2.45, 2.75) is 44.6 Å². The van der Waals surface area contributed by atoms with Gasteiger partial charge in [-0.2, -0.15) is 0 Å². The van der Waals surface area contributed by atoms with Gasteiger partial charge in [-0.15, -0.1) is 51.1 Å². The van der Waals surface area contributed by atoms with E-state index in [1.165, 1.54) is 58.3 Å². The number of carbonyl (C=O) groups is 8. The molecule has 0 fully saturated rings. The smallest absolute Gasteiger partial charge is 0.497 e. The number of hydrogen-bond donors (Lipinski definition) is 7. The molecule has 7 N–H and O–H groups in total. The van der Waals surface area contributed by atoms with Crippen LogP contribution in [-0.4, -0.2) is 138 Å². The molecule has 11 aromatic rings. The summed E-state index contributed by atoms with van der Waals surface area (Å²) in [6.45, 7) is 0.616. The highest BCUT2D eigenvalue weighted by molar-refractivity contribution is 9.10. The molecule has 4 aliphatic heterocycles. The molecule has 0 aromatic heterocycles. The molecule has 0 saturated heterocycles. The molecule has 0 spiro atoms. The van der Waals surface area contributed by atoms with Crippen molar-refractivity contribution in [2.24, 2.45) is 0 Å². The minimum Gasteiger partial charge on any atom is -0.497 e. The minimum absolute atomic E-state index is 0.0126. The predicted molar refractivity (Wildman–Crippen MR) is 461 cm³/mol. The first-order valence-electron chi connectivity index (χ1n) is 37.7. The lowest BCUT2D eigenvalue weighted by atomic mass is 9.80. The summed E-state index contributed by atoms with van der Waals surface area (Å²) in [6, 6.07) is 65.2. The maximum Gasteiger partial charge on any atom is 0.573 e. The minimum atomic E-state index is -4.77. The Morgan fingerprint density at radius 2 is 0.622 bits per heavy atom. The zero-order valence-electron chi connectivity index (χ0n) is 67.2. The average molecular weight is 1910 g/mol. The first-order chi connectivity index (χ1) is 60.5. The van der Waals surface area contributed by atoms with Gasteiger partial charge in [-0.05, 0) is 196 Å². The second-order valence-corrected chi connectivity index (χ2v) is 29.3. The van der Waals surface area contributed by atoms with Crippen LogP contribution in [0.2, 0.25) is 0 Å². The van der Waals surface area contributed by atoms with Crippen LogP contribution in [0, 0.1) is 0 Å². The maximum atomic E-state index is 12.7. The molecule has 0 atom stereocenters. The number of halogens is 12. The molecule has 8 amide bonds. The summed E-state index contributed by atoms with van der Waals surface area (Å²) < 4.78 is 143. The van der Waals surface area contributed by atoms with Gasteiger partial charge in [-0.3, -0.25) is 38.4 Å². The summed E-state index contributed by atoms with van der Waals surface area (Å²) in [5.74, 6) is 0.315. The van der Waals surface area contributed by atoms with E-state index in [1.807, 2.05) is 78.9 Å². The molecule has 38 heteroatoms. The van der Waals surface area contributed by atoms with Crippen molar-refractivity contribution in [3.05, 3.63) is 296 Å². The van der Waals surface area contributed by atoms with Crippen LogP contribution < -0.4 is 79.9 Å². The maximum absolute atomic E-state index is 12.7. The van der Waals surface area contributed by atoms with Crippen LogP contribution in [0.25, 0.3) is 22.3 Å². The first kappa shape index (κ1) is 95.6. The molecule has 4 aliphatic rings. The van der Waals surface area contributed by atoms with Crippen LogP contribution in [-0.2, 0) is 44.7 Å². The van der Waals surface area contributed by atoms with Gasteiger partial charge in [-0.1, -0.05) is 129 Å². The van der Waals surface area contributed by atoms with Crippen LogP contribution in [0.4, 0.5) is 62.3 Å². The summed E-state index contributed by atoms with van der Waals surface area (Å²) in [7, 11) is 4.69. The molecule has 11 aromatic carbocycles. The summed E-state index contributed by atoms with van der Waals surface area (Å²) in [4.78, 5) is 103. The van der Waals surface area contributed by atoms with Crippen molar-refractivity contribution in [3.8, 4) is 62.5 Å². The van der Waals surface area contributed by atoms with Crippen LogP contribution >= 0.6 is 43.5 Å². The normalized spacial score (nSPS) is 13.4. The van der Waals surface area contributed by atoms with E-state index >= 15 is 0 Å². The molecule has 660 valence electrons. The van der Waals surface area contributed by atoms with E-state index in [9.17, 15) is 77.9 Å². The molecule has 15 rings (SSSR count). The number of nitrogens with zero attached hydrogens (tertiary/aromatic N) is 3. The van der Waals surface area contributed by atoms with E-state index in [0.29, 0.717) is 91.2 Å². The molecular weight excluding hydrogens is 1830 g/mol. The Kier molecular flexibility index (Phi) is 33.0. The second-order valence-electron chi connectivity index (χ2n) is 27.2. The van der Waals surface area contributed by atoms with E-state index in [4.69, 9.17) is 40.6 Å². The topological polar surface area (TPSA) is 312 Å². The predicted octanol–water partition coefficient (Wildman–Crippen LogP) is 15.6. The number of anilines is 4. The summed E-state index contributed by atoms with van der Waals surface area (Å²) >= 11 is 12.2. The third-order valence-electron chi connectivity index (χ3n) is 18.6. The molecule has 0 radical (unpaired) electrons. The molecular formula is C89H75BBr2ClF9N8O17. The lowest BCUT2D eigenvalue weighted by Gasteiger charge is -2.23. The van der Waals surface area contributed by atoms with Gasteiger partial charge in [-0.25, -0.2) is 0 Å². The van der Waals surface area contributed by atoms with Gasteiger partial charge in [0.25, 0.3) is 23.6 Å². The zero-order chi connectivity index (χ0) is 91.9. The fraction of sp³-hybridized carbons (Fsp3) is 0.169. The number of ether oxygens (including phenoxy) is 7. The first-order valence-corrected chi connectivity index (χ1v) is 39.8. The summed E-state index contributed by atoms with van der Waals surface area (Å²) in [5, 5.41) is 30.3. The molecule has 4 heterocycles. The van der Waals surface area contributed by atoms with Crippen molar-refractivity contribution in [1.29, 1.82) is 0 Å². The standard InChI is InChI=1S/2C24H19F3N2O4.C17H15BrN2O3.C9H7BrN2O2.C8H9ClO.C7H6BF3O3/c2*1-32-18-7-2-15(3-8-18)14-29-21-11-6-17(12-20(21)23(31)28-13-22(29)30)16-4-9-19(10-5-16)33-24(25,26)27;1-23-13-5-2-11(3-6-13)10-20-15-7-4-12(18)8-14(15)17(22)19-9-16(20)21;10-5-1-2-7-6(3-5)9(14)11-4-8(13)12-7;1-10-8-4-2-7(6-9)3-5-8;9-7(10,11)14-6-3-1-5(2-4-6)8(12)13/h2*2-12H,13-14H2,1H3,(H,28,31);2-8H,9-10H2,1H3,(H,19,22);1-3H,4H2,(H,11,14)(H,12,13);2-5H,6H2,1H3;1-4,12-13H. The molecule has 0 saturated carbocycles. The van der Waals surface area contributed by atoms with Gasteiger partial charge >= 0.3 is 26.2 Å². The van der Waals surface area contributed by atoms with Crippen LogP contribution in [0.1, 0.15) is 63.7 Å². The van der Waals surface area contributed by atoms with Gasteiger partial charge in [0.05, 0.1) is 119 Å². The largest absolute Gasteiger partial charge is 0.573 e. The monoisotopic (exact) mass is 1900 g/mol. The lowest BCUT2D eigenvalue weighted by molar-refractivity contribution is -0.275. The van der Waals surface area contributed by atoms with Crippen LogP contribution in [0.5, 0.6) is 40.2 Å². The number of nitrogens with one attached hydrogen (secondary N) is 5. The third kappa shape index (κ3) is 27.9. The van der Waals surface area contributed by atoms with Gasteiger partial charge in [0.15, 0.2) is 0 Å². The van der Waals surface area contributed by atoms with Gasteiger partial charge in [0, 0.05) is 14.8 Å². The molecule has 25 nitrogen and oxygen atoms in total. The van der Waals surface area contributed by atoms with Gasteiger partial charge in [0.1, 0.15) is 40.2 Å². The van der Waals surface area contributed by atoms with E-state index in [-0.39, 0.29) is 91.7 Å². The zero-order valence-corrected chi connectivity index (χ0v) is 71.2. The third-order valence-corrected chi connectivity index (χ3v) is 19.9. The van der Waals surface area contributed by atoms with E-state index in [2.05, 4.69) is 72.7 Å². The van der Waals surface area contributed by atoms with E-state index < -0.39 is 43.8 Å². The number of hydrogen-bond acceptors (Lipinski definition) is 17.